The molecule has 0 spiro atoms. The van der Waals surface area contributed by atoms with Gasteiger partial charge in [0.2, 0.25) is 15.9 Å². The van der Waals surface area contributed by atoms with Gasteiger partial charge >= 0.3 is 0 Å². The number of piperidine rings is 1. The maximum absolute atomic E-state index is 13.0. The van der Waals surface area contributed by atoms with Crippen LogP contribution in [-0.2, 0) is 21.4 Å². The van der Waals surface area contributed by atoms with Crippen molar-refractivity contribution in [2.75, 3.05) is 20.2 Å². The van der Waals surface area contributed by atoms with Gasteiger partial charge in [-0.2, -0.15) is 4.31 Å². The molecule has 0 saturated carbocycles. The number of halogens is 1. The van der Waals surface area contributed by atoms with E-state index < -0.39 is 15.9 Å². The fourth-order valence-corrected chi connectivity index (χ4v) is 5.03. The van der Waals surface area contributed by atoms with Crippen LogP contribution in [-0.4, -0.2) is 43.8 Å². The predicted octanol–water partition coefficient (Wildman–Crippen LogP) is 2.46. The standard InChI is InChI=1S/C19H22ClN3O4S/c1-27-18-8-7-16(11-17(18)20)28(25,26)23-10-4-5-14(13-23)19(24)22-12-15-6-2-3-9-21-15/h2-3,6-9,11,14H,4-5,10,12-13H2,1H3,(H,22,24)/t14-/m1/s1. The van der Waals surface area contributed by atoms with Gasteiger partial charge in [0.15, 0.2) is 0 Å². The largest absolute Gasteiger partial charge is 0.495 e. The van der Waals surface area contributed by atoms with E-state index in [1.165, 1.54) is 29.6 Å². The summed E-state index contributed by atoms with van der Waals surface area (Å²) in [6.07, 6.45) is 2.92. The molecule has 0 bridgehead atoms. The molecule has 1 aromatic carbocycles. The molecular weight excluding hydrogens is 402 g/mol. The van der Waals surface area contributed by atoms with Crippen LogP contribution in [0, 0.1) is 5.92 Å². The SMILES string of the molecule is COc1ccc(S(=O)(=O)N2CCC[C@@H](C(=O)NCc3ccccn3)C2)cc1Cl. The molecule has 1 aliphatic heterocycles. The van der Waals surface area contributed by atoms with Crippen molar-refractivity contribution in [1.29, 1.82) is 0 Å². The van der Waals surface area contributed by atoms with Crippen molar-refractivity contribution >= 4 is 27.5 Å². The summed E-state index contributed by atoms with van der Waals surface area (Å²) in [5, 5.41) is 3.07. The number of hydrogen-bond acceptors (Lipinski definition) is 5. The highest BCUT2D eigenvalue weighted by molar-refractivity contribution is 7.89. The molecule has 7 nitrogen and oxygen atoms in total. The third-order valence-corrected chi connectivity index (χ3v) is 6.84. The van der Waals surface area contributed by atoms with Gasteiger partial charge in [0.05, 0.1) is 35.2 Å². The Bertz CT molecular complexity index is 937. The van der Waals surface area contributed by atoms with Crippen LogP contribution < -0.4 is 10.1 Å². The van der Waals surface area contributed by atoms with E-state index in [2.05, 4.69) is 10.3 Å². The Hall–Kier alpha value is -2.16. The number of benzene rings is 1. The molecule has 2 aromatic rings. The third kappa shape index (κ3) is 4.63. The molecule has 1 aromatic heterocycles. The lowest BCUT2D eigenvalue weighted by Crippen LogP contribution is -2.45. The molecule has 1 fully saturated rings. The van der Waals surface area contributed by atoms with Gasteiger partial charge in [0, 0.05) is 19.3 Å². The van der Waals surface area contributed by atoms with Gasteiger partial charge in [-0.1, -0.05) is 17.7 Å². The van der Waals surface area contributed by atoms with E-state index in [0.29, 0.717) is 31.7 Å². The quantitative estimate of drug-likeness (QED) is 0.770. The molecule has 9 heteroatoms. The third-order valence-electron chi connectivity index (χ3n) is 4.69. The zero-order valence-electron chi connectivity index (χ0n) is 15.5. The number of sulfonamides is 1. The topological polar surface area (TPSA) is 88.6 Å². The molecule has 3 rings (SSSR count). The molecule has 0 aliphatic carbocycles. The minimum absolute atomic E-state index is 0.0906. The normalized spacial score (nSPS) is 17.9. The second-order valence-electron chi connectivity index (χ2n) is 6.54. The summed E-state index contributed by atoms with van der Waals surface area (Å²) >= 11 is 6.08. The number of carbonyl (C=O) groups is 1. The van der Waals surface area contributed by atoms with Crippen LogP contribution in [0.1, 0.15) is 18.5 Å². The van der Waals surface area contributed by atoms with Gasteiger partial charge in [-0.25, -0.2) is 8.42 Å². The lowest BCUT2D eigenvalue weighted by Gasteiger charge is -2.31. The van der Waals surface area contributed by atoms with Gasteiger partial charge in [-0.3, -0.25) is 9.78 Å². The molecule has 0 radical (unpaired) electrons. The monoisotopic (exact) mass is 423 g/mol. The van der Waals surface area contributed by atoms with Gasteiger partial charge in [-0.15, -0.1) is 0 Å². The fourth-order valence-electron chi connectivity index (χ4n) is 3.16. The van der Waals surface area contributed by atoms with Crippen LogP contribution in [0.5, 0.6) is 5.75 Å². The van der Waals surface area contributed by atoms with Crippen LogP contribution in [0.15, 0.2) is 47.5 Å². The van der Waals surface area contributed by atoms with Gasteiger partial charge in [0.25, 0.3) is 0 Å². The average molecular weight is 424 g/mol. The molecule has 2 heterocycles. The number of nitrogens with one attached hydrogen (secondary N) is 1. The Labute approximate surface area is 169 Å². The predicted molar refractivity (Wildman–Crippen MR) is 106 cm³/mol. The van der Waals surface area contributed by atoms with Crippen LogP contribution in [0.4, 0.5) is 0 Å². The van der Waals surface area contributed by atoms with E-state index >= 15 is 0 Å². The van der Waals surface area contributed by atoms with E-state index in [0.717, 1.165) is 5.69 Å². The first-order valence-corrected chi connectivity index (χ1v) is 10.7. The number of ether oxygens (including phenoxy) is 1. The molecule has 1 amide bonds. The fraction of sp³-hybridized carbons (Fsp3) is 0.368. The molecule has 1 atom stereocenters. The zero-order chi connectivity index (χ0) is 20.1. The Kier molecular flexibility index (Phi) is 6.53. The highest BCUT2D eigenvalue weighted by Crippen LogP contribution is 2.30. The maximum atomic E-state index is 13.0. The van der Waals surface area contributed by atoms with Crippen molar-refractivity contribution in [1.82, 2.24) is 14.6 Å². The van der Waals surface area contributed by atoms with Crippen molar-refractivity contribution in [3.8, 4) is 5.75 Å². The van der Waals surface area contributed by atoms with E-state index in [4.69, 9.17) is 16.3 Å². The summed E-state index contributed by atoms with van der Waals surface area (Å²) in [5.41, 5.74) is 0.754. The minimum Gasteiger partial charge on any atom is -0.495 e. The number of aromatic nitrogens is 1. The average Bonchev–Trinajstić information content (AvgIpc) is 2.72. The van der Waals surface area contributed by atoms with Crippen LogP contribution >= 0.6 is 11.6 Å². The molecular formula is C19H22ClN3O4S. The highest BCUT2D eigenvalue weighted by atomic mass is 35.5. The van der Waals surface area contributed by atoms with Crippen LogP contribution in [0.2, 0.25) is 5.02 Å². The second-order valence-corrected chi connectivity index (χ2v) is 8.88. The Balaban J connectivity index is 1.68. The lowest BCUT2D eigenvalue weighted by molar-refractivity contribution is -0.126. The van der Waals surface area contributed by atoms with E-state index in [9.17, 15) is 13.2 Å². The van der Waals surface area contributed by atoms with E-state index in [1.807, 2.05) is 12.1 Å². The first-order chi connectivity index (χ1) is 13.4. The van der Waals surface area contributed by atoms with Gasteiger partial charge in [0.1, 0.15) is 5.75 Å². The molecule has 1 N–H and O–H groups in total. The first kappa shape index (κ1) is 20.6. The van der Waals surface area contributed by atoms with Crippen molar-refractivity contribution in [2.45, 2.75) is 24.3 Å². The molecule has 28 heavy (non-hydrogen) atoms. The number of rotatable bonds is 6. The summed E-state index contributed by atoms with van der Waals surface area (Å²) in [6, 6.07) is 9.84. The smallest absolute Gasteiger partial charge is 0.243 e. The number of pyridine rings is 1. The zero-order valence-corrected chi connectivity index (χ0v) is 17.0. The number of amides is 1. The van der Waals surface area contributed by atoms with Crippen LogP contribution in [0.3, 0.4) is 0 Å². The minimum atomic E-state index is -3.74. The maximum Gasteiger partial charge on any atom is 0.243 e. The molecule has 150 valence electrons. The van der Waals surface area contributed by atoms with Crippen molar-refractivity contribution < 1.29 is 17.9 Å². The molecule has 1 saturated heterocycles. The first-order valence-electron chi connectivity index (χ1n) is 8.93. The van der Waals surface area contributed by atoms with Crippen molar-refractivity contribution in [3.05, 3.63) is 53.3 Å². The summed E-state index contributed by atoms with van der Waals surface area (Å²) in [7, 11) is -2.28. The Morgan fingerprint density at radius 3 is 2.86 bits per heavy atom. The summed E-state index contributed by atoms with van der Waals surface area (Å²) < 4.78 is 32.4. The highest BCUT2D eigenvalue weighted by Gasteiger charge is 2.33. The number of hydrogen-bond donors (Lipinski definition) is 1. The summed E-state index contributed by atoms with van der Waals surface area (Å²) in [6.45, 7) is 0.826. The van der Waals surface area contributed by atoms with Gasteiger partial charge in [-0.05, 0) is 43.2 Å². The molecule has 0 unspecified atom stereocenters. The molecule has 1 aliphatic rings. The van der Waals surface area contributed by atoms with Crippen LogP contribution in [0.25, 0.3) is 0 Å². The second kappa shape index (κ2) is 8.89. The Morgan fingerprint density at radius 1 is 1.36 bits per heavy atom. The van der Waals surface area contributed by atoms with Gasteiger partial charge < -0.3 is 10.1 Å². The lowest BCUT2D eigenvalue weighted by atomic mass is 9.99. The summed E-state index contributed by atoms with van der Waals surface area (Å²) in [5.74, 6) is -0.162. The number of nitrogens with zero attached hydrogens (tertiary/aromatic N) is 2. The van der Waals surface area contributed by atoms with Crippen molar-refractivity contribution in [3.63, 3.8) is 0 Å². The Morgan fingerprint density at radius 2 is 2.18 bits per heavy atom. The van der Waals surface area contributed by atoms with E-state index in [-0.39, 0.29) is 22.4 Å². The summed E-state index contributed by atoms with van der Waals surface area (Å²) in [4.78, 5) is 16.8. The number of carbonyl (C=O) groups excluding carboxylic acids is 1. The number of methoxy groups -OCH3 is 1. The van der Waals surface area contributed by atoms with E-state index in [1.54, 1.807) is 12.3 Å². The van der Waals surface area contributed by atoms with Crippen molar-refractivity contribution in [2.24, 2.45) is 5.92 Å².